The van der Waals surface area contributed by atoms with Crippen LogP contribution in [0.15, 0.2) is 33.6 Å². The van der Waals surface area contributed by atoms with Gasteiger partial charge in [-0.05, 0) is 32.0 Å². The molecule has 0 spiro atoms. The van der Waals surface area contributed by atoms with Crippen molar-refractivity contribution in [3.05, 3.63) is 41.6 Å². The minimum Gasteiger partial charge on any atom is -0.508 e. The molecule has 2 rings (SSSR count). The lowest BCUT2D eigenvalue weighted by Gasteiger charge is -1.99. The molecule has 0 radical (unpaired) electrons. The molecule has 84 valence electrons. The summed E-state index contributed by atoms with van der Waals surface area (Å²) in [5.74, 6) is 2.55. The molecule has 0 amide bonds. The van der Waals surface area contributed by atoms with Crippen LogP contribution in [-0.4, -0.2) is 10.1 Å². The third-order valence-electron chi connectivity index (χ3n) is 2.25. The van der Waals surface area contributed by atoms with Gasteiger partial charge in [-0.2, -0.15) is 0 Å². The second-order valence-corrected chi connectivity index (χ2v) is 4.58. The minimum atomic E-state index is 0.282. The molecule has 0 saturated carbocycles. The van der Waals surface area contributed by atoms with Gasteiger partial charge in [0, 0.05) is 4.90 Å². The first-order chi connectivity index (χ1) is 7.65. The van der Waals surface area contributed by atoms with Crippen LogP contribution in [0.2, 0.25) is 0 Å². The van der Waals surface area contributed by atoms with E-state index in [1.165, 1.54) is 0 Å². The highest BCUT2D eigenvalue weighted by Gasteiger charge is 2.06. The maximum absolute atomic E-state index is 9.31. The molecule has 0 aliphatic rings. The molecule has 4 heteroatoms. The monoisotopic (exact) mass is 235 g/mol. The average molecular weight is 235 g/mol. The summed E-state index contributed by atoms with van der Waals surface area (Å²) >= 11 is 1.59. The van der Waals surface area contributed by atoms with E-state index in [1.54, 1.807) is 23.9 Å². The van der Waals surface area contributed by atoms with Crippen molar-refractivity contribution in [3.8, 4) is 5.75 Å². The van der Waals surface area contributed by atoms with Crippen LogP contribution in [0.5, 0.6) is 5.75 Å². The highest BCUT2D eigenvalue weighted by molar-refractivity contribution is 7.98. The molecular weight excluding hydrogens is 222 g/mol. The van der Waals surface area contributed by atoms with Gasteiger partial charge < -0.3 is 9.52 Å². The van der Waals surface area contributed by atoms with Crippen LogP contribution in [0.3, 0.4) is 0 Å². The van der Waals surface area contributed by atoms with Gasteiger partial charge in [-0.15, -0.1) is 11.8 Å². The second kappa shape index (κ2) is 4.61. The second-order valence-electron chi connectivity index (χ2n) is 3.54. The van der Waals surface area contributed by atoms with Gasteiger partial charge in [0.15, 0.2) is 0 Å². The van der Waals surface area contributed by atoms with Crippen molar-refractivity contribution in [2.75, 3.05) is 0 Å². The molecular formula is C12H13NO2S. The Balaban J connectivity index is 2.02. The SMILES string of the molecule is Cc1nc(CSc2cccc(O)c2)oc1C. The summed E-state index contributed by atoms with van der Waals surface area (Å²) in [6, 6.07) is 7.16. The van der Waals surface area contributed by atoms with Crippen LogP contribution in [-0.2, 0) is 5.75 Å². The van der Waals surface area contributed by atoms with Crippen molar-refractivity contribution < 1.29 is 9.52 Å². The number of aromatic nitrogens is 1. The van der Waals surface area contributed by atoms with Crippen molar-refractivity contribution in [3.63, 3.8) is 0 Å². The number of rotatable bonds is 3. The van der Waals surface area contributed by atoms with Gasteiger partial charge in [0.05, 0.1) is 11.4 Å². The maximum atomic E-state index is 9.31. The maximum Gasteiger partial charge on any atom is 0.204 e. The zero-order chi connectivity index (χ0) is 11.5. The Morgan fingerprint density at radius 1 is 1.38 bits per heavy atom. The first-order valence-electron chi connectivity index (χ1n) is 5.00. The number of hydrogen-bond donors (Lipinski definition) is 1. The molecule has 0 fully saturated rings. The van der Waals surface area contributed by atoms with Gasteiger partial charge in [0.1, 0.15) is 11.5 Å². The third-order valence-corrected chi connectivity index (χ3v) is 3.23. The van der Waals surface area contributed by atoms with Crippen molar-refractivity contribution in [1.82, 2.24) is 4.98 Å². The zero-order valence-corrected chi connectivity index (χ0v) is 10.0. The minimum absolute atomic E-state index is 0.282. The van der Waals surface area contributed by atoms with E-state index in [0.29, 0.717) is 5.75 Å². The molecule has 0 atom stereocenters. The Morgan fingerprint density at radius 3 is 2.81 bits per heavy atom. The summed E-state index contributed by atoms with van der Waals surface area (Å²) in [7, 11) is 0. The van der Waals surface area contributed by atoms with Crippen LogP contribution < -0.4 is 0 Å². The van der Waals surface area contributed by atoms with E-state index in [2.05, 4.69) is 4.98 Å². The Kier molecular flexibility index (Phi) is 3.19. The fourth-order valence-corrected chi connectivity index (χ4v) is 2.11. The van der Waals surface area contributed by atoms with Gasteiger partial charge in [0.25, 0.3) is 0 Å². The highest BCUT2D eigenvalue weighted by atomic mass is 32.2. The molecule has 2 aromatic rings. The third kappa shape index (κ3) is 2.58. The molecule has 1 aromatic heterocycles. The standard InChI is InChI=1S/C12H13NO2S/c1-8-9(2)15-12(13-8)7-16-11-5-3-4-10(14)6-11/h3-6,14H,7H2,1-2H3. The normalized spacial score (nSPS) is 10.6. The largest absolute Gasteiger partial charge is 0.508 e. The lowest BCUT2D eigenvalue weighted by atomic mass is 10.3. The fraction of sp³-hybridized carbons (Fsp3) is 0.250. The van der Waals surface area contributed by atoms with Crippen LogP contribution in [0.4, 0.5) is 0 Å². The summed E-state index contributed by atoms with van der Waals surface area (Å²) in [5, 5.41) is 9.31. The van der Waals surface area contributed by atoms with Crippen molar-refractivity contribution in [1.29, 1.82) is 0 Å². The topological polar surface area (TPSA) is 46.3 Å². The Hall–Kier alpha value is -1.42. The lowest BCUT2D eigenvalue weighted by molar-refractivity contribution is 0.473. The van der Waals surface area contributed by atoms with Crippen LogP contribution >= 0.6 is 11.8 Å². The number of phenols is 1. The number of aryl methyl sites for hydroxylation is 2. The Labute approximate surface area is 98.5 Å². The number of benzene rings is 1. The van der Waals surface area contributed by atoms with E-state index in [0.717, 1.165) is 22.2 Å². The summed E-state index contributed by atoms with van der Waals surface area (Å²) in [5.41, 5.74) is 0.937. The molecule has 16 heavy (non-hydrogen) atoms. The Morgan fingerprint density at radius 2 is 2.19 bits per heavy atom. The predicted octanol–water partition coefficient (Wildman–Crippen LogP) is 3.29. The molecule has 1 aromatic carbocycles. The van der Waals surface area contributed by atoms with E-state index < -0.39 is 0 Å². The summed E-state index contributed by atoms with van der Waals surface area (Å²) < 4.78 is 5.47. The summed E-state index contributed by atoms with van der Waals surface area (Å²) in [6.45, 7) is 3.84. The van der Waals surface area contributed by atoms with Crippen LogP contribution in [0, 0.1) is 13.8 Å². The number of hydrogen-bond acceptors (Lipinski definition) is 4. The quantitative estimate of drug-likeness (QED) is 0.829. The average Bonchev–Trinajstić information content (AvgIpc) is 2.56. The number of oxazole rings is 1. The smallest absolute Gasteiger partial charge is 0.204 e. The number of phenolic OH excluding ortho intramolecular Hbond substituents is 1. The van der Waals surface area contributed by atoms with Crippen molar-refractivity contribution in [2.45, 2.75) is 24.5 Å². The first-order valence-corrected chi connectivity index (χ1v) is 5.98. The number of thioether (sulfide) groups is 1. The first kappa shape index (κ1) is 11.1. The van der Waals surface area contributed by atoms with Crippen LogP contribution in [0.25, 0.3) is 0 Å². The van der Waals surface area contributed by atoms with Crippen molar-refractivity contribution >= 4 is 11.8 Å². The Bertz CT molecular complexity index is 474. The van der Waals surface area contributed by atoms with Gasteiger partial charge in [-0.3, -0.25) is 0 Å². The van der Waals surface area contributed by atoms with Gasteiger partial charge in [-0.1, -0.05) is 6.07 Å². The number of aromatic hydroxyl groups is 1. The molecule has 0 saturated heterocycles. The van der Waals surface area contributed by atoms with E-state index in [-0.39, 0.29) is 5.75 Å². The summed E-state index contributed by atoms with van der Waals surface area (Å²) in [6.07, 6.45) is 0. The van der Waals surface area contributed by atoms with E-state index in [4.69, 9.17) is 4.42 Å². The van der Waals surface area contributed by atoms with Gasteiger partial charge in [0.2, 0.25) is 5.89 Å². The molecule has 0 aliphatic heterocycles. The van der Waals surface area contributed by atoms with Crippen molar-refractivity contribution in [2.24, 2.45) is 0 Å². The number of nitrogens with zero attached hydrogens (tertiary/aromatic N) is 1. The zero-order valence-electron chi connectivity index (χ0n) is 9.23. The molecule has 1 heterocycles. The van der Waals surface area contributed by atoms with Gasteiger partial charge in [-0.25, -0.2) is 4.98 Å². The van der Waals surface area contributed by atoms with Gasteiger partial charge >= 0.3 is 0 Å². The van der Waals surface area contributed by atoms with E-state index in [1.807, 2.05) is 26.0 Å². The fourth-order valence-electron chi connectivity index (χ4n) is 1.32. The summed E-state index contributed by atoms with van der Waals surface area (Å²) in [4.78, 5) is 5.31. The molecule has 1 N–H and O–H groups in total. The molecule has 0 aliphatic carbocycles. The predicted molar refractivity (Wildman–Crippen MR) is 63.6 cm³/mol. The highest BCUT2D eigenvalue weighted by Crippen LogP contribution is 2.25. The van der Waals surface area contributed by atoms with Crippen LogP contribution in [0.1, 0.15) is 17.3 Å². The molecule has 0 bridgehead atoms. The lowest BCUT2D eigenvalue weighted by Crippen LogP contribution is -1.80. The van der Waals surface area contributed by atoms with E-state index >= 15 is 0 Å². The molecule has 0 unspecified atom stereocenters. The van der Waals surface area contributed by atoms with E-state index in [9.17, 15) is 5.11 Å². The molecule has 3 nitrogen and oxygen atoms in total.